The standard InChI is InChI=1S/C9H19NO2S/c1-7(5-10)13-6-9(2,3)8(11)12-4/h7H,5-6,10H2,1-4H3. The van der Waals surface area contributed by atoms with Crippen molar-refractivity contribution in [1.29, 1.82) is 0 Å². The van der Waals surface area contributed by atoms with Gasteiger partial charge in [0.15, 0.2) is 0 Å². The van der Waals surface area contributed by atoms with E-state index in [1.165, 1.54) is 7.11 Å². The van der Waals surface area contributed by atoms with E-state index in [0.717, 1.165) is 5.75 Å². The molecule has 0 spiro atoms. The molecule has 0 aromatic rings. The second-order valence-corrected chi connectivity index (χ2v) is 5.16. The molecule has 0 heterocycles. The summed E-state index contributed by atoms with van der Waals surface area (Å²) in [7, 11) is 1.42. The number of nitrogens with two attached hydrogens (primary N) is 1. The summed E-state index contributed by atoms with van der Waals surface area (Å²) in [6, 6.07) is 0. The van der Waals surface area contributed by atoms with Gasteiger partial charge in [0.1, 0.15) is 0 Å². The number of esters is 1. The SMILES string of the molecule is COC(=O)C(C)(C)CSC(C)CN. The summed E-state index contributed by atoms with van der Waals surface area (Å²) in [5, 5.41) is 0.393. The third-order valence-corrected chi connectivity index (χ3v) is 3.45. The van der Waals surface area contributed by atoms with Gasteiger partial charge in [0.25, 0.3) is 0 Å². The smallest absolute Gasteiger partial charge is 0.312 e. The van der Waals surface area contributed by atoms with Crippen molar-refractivity contribution in [3.05, 3.63) is 0 Å². The highest BCUT2D eigenvalue weighted by molar-refractivity contribution is 7.99. The number of methoxy groups -OCH3 is 1. The summed E-state index contributed by atoms with van der Waals surface area (Å²) in [4.78, 5) is 11.3. The molecule has 78 valence electrons. The molecule has 0 aliphatic carbocycles. The maximum absolute atomic E-state index is 11.3. The van der Waals surface area contributed by atoms with Crippen molar-refractivity contribution < 1.29 is 9.53 Å². The molecular weight excluding hydrogens is 186 g/mol. The Labute approximate surface area is 84.4 Å². The molecule has 4 heteroatoms. The average molecular weight is 205 g/mol. The predicted octanol–water partition coefficient (Wildman–Crippen LogP) is 1.27. The van der Waals surface area contributed by atoms with E-state index >= 15 is 0 Å². The number of hydrogen-bond donors (Lipinski definition) is 1. The van der Waals surface area contributed by atoms with Gasteiger partial charge in [-0.2, -0.15) is 11.8 Å². The molecule has 2 N–H and O–H groups in total. The van der Waals surface area contributed by atoms with Gasteiger partial charge in [-0.15, -0.1) is 0 Å². The van der Waals surface area contributed by atoms with E-state index in [-0.39, 0.29) is 5.97 Å². The van der Waals surface area contributed by atoms with Crippen molar-refractivity contribution >= 4 is 17.7 Å². The van der Waals surface area contributed by atoms with Crippen molar-refractivity contribution in [2.75, 3.05) is 19.4 Å². The summed E-state index contributed by atoms with van der Waals surface area (Å²) < 4.78 is 4.70. The lowest BCUT2D eigenvalue weighted by Crippen LogP contribution is -2.29. The van der Waals surface area contributed by atoms with Crippen LogP contribution in [-0.4, -0.2) is 30.6 Å². The third-order valence-electron chi connectivity index (χ3n) is 1.80. The molecule has 0 aliphatic rings. The molecule has 0 rings (SSSR count). The molecule has 13 heavy (non-hydrogen) atoms. The Morgan fingerprint density at radius 1 is 1.62 bits per heavy atom. The first-order valence-electron chi connectivity index (χ1n) is 4.34. The van der Waals surface area contributed by atoms with Gasteiger partial charge in [-0.05, 0) is 13.8 Å². The molecule has 0 saturated heterocycles. The van der Waals surface area contributed by atoms with Crippen LogP contribution in [0.15, 0.2) is 0 Å². The highest BCUT2D eigenvalue weighted by Crippen LogP contribution is 2.25. The fraction of sp³-hybridized carbons (Fsp3) is 0.889. The molecule has 1 unspecified atom stereocenters. The zero-order valence-electron chi connectivity index (χ0n) is 8.79. The van der Waals surface area contributed by atoms with E-state index in [0.29, 0.717) is 11.8 Å². The topological polar surface area (TPSA) is 52.3 Å². The van der Waals surface area contributed by atoms with E-state index in [1.807, 2.05) is 13.8 Å². The van der Waals surface area contributed by atoms with Crippen LogP contribution in [0.25, 0.3) is 0 Å². The quantitative estimate of drug-likeness (QED) is 0.687. The molecule has 0 aromatic carbocycles. The van der Waals surface area contributed by atoms with E-state index in [1.54, 1.807) is 11.8 Å². The molecule has 0 radical (unpaired) electrons. The number of thioether (sulfide) groups is 1. The van der Waals surface area contributed by atoms with Gasteiger partial charge >= 0.3 is 5.97 Å². The van der Waals surface area contributed by atoms with Crippen molar-refractivity contribution in [1.82, 2.24) is 0 Å². The van der Waals surface area contributed by atoms with Crippen LogP contribution in [0.3, 0.4) is 0 Å². The molecule has 3 nitrogen and oxygen atoms in total. The van der Waals surface area contributed by atoms with Gasteiger partial charge in [0.05, 0.1) is 12.5 Å². The van der Waals surface area contributed by atoms with Crippen LogP contribution < -0.4 is 5.73 Å². The zero-order chi connectivity index (χ0) is 10.5. The summed E-state index contributed by atoms with van der Waals surface area (Å²) >= 11 is 1.70. The normalized spacial score (nSPS) is 13.9. The van der Waals surface area contributed by atoms with E-state index in [2.05, 4.69) is 6.92 Å². The number of carbonyl (C=O) groups is 1. The van der Waals surface area contributed by atoms with Crippen LogP contribution in [0, 0.1) is 5.41 Å². The van der Waals surface area contributed by atoms with Gasteiger partial charge in [-0.25, -0.2) is 0 Å². The number of rotatable bonds is 5. The van der Waals surface area contributed by atoms with Crippen LogP contribution in [0.2, 0.25) is 0 Å². The van der Waals surface area contributed by atoms with Crippen molar-refractivity contribution in [2.24, 2.45) is 11.1 Å². The third kappa shape index (κ3) is 4.52. The molecule has 1 atom stereocenters. The predicted molar refractivity (Wildman–Crippen MR) is 56.8 cm³/mol. The van der Waals surface area contributed by atoms with Crippen molar-refractivity contribution in [3.63, 3.8) is 0 Å². The maximum atomic E-state index is 11.3. The van der Waals surface area contributed by atoms with Crippen LogP contribution in [0.1, 0.15) is 20.8 Å². The van der Waals surface area contributed by atoms with Gasteiger partial charge in [0, 0.05) is 17.5 Å². The Hall–Kier alpha value is -0.220. The molecule has 0 fully saturated rings. The molecule has 0 aliphatic heterocycles. The molecule has 0 aromatic heterocycles. The number of ether oxygens (including phenoxy) is 1. The monoisotopic (exact) mass is 205 g/mol. The van der Waals surface area contributed by atoms with Crippen molar-refractivity contribution in [2.45, 2.75) is 26.0 Å². The fourth-order valence-electron chi connectivity index (χ4n) is 0.754. The van der Waals surface area contributed by atoms with Gasteiger partial charge in [-0.1, -0.05) is 6.92 Å². The van der Waals surface area contributed by atoms with Gasteiger partial charge in [0.2, 0.25) is 0 Å². The summed E-state index contributed by atoms with van der Waals surface area (Å²) in [5.74, 6) is 0.585. The molecular formula is C9H19NO2S. The lowest BCUT2D eigenvalue weighted by molar-refractivity contribution is -0.149. The first kappa shape index (κ1) is 12.8. The maximum Gasteiger partial charge on any atom is 0.312 e. The Morgan fingerprint density at radius 3 is 2.54 bits per heavy atom. The van der Waals surface area contributed by atoms with Crippen LogP contribution in [-0.2, 0) is 9.53 Å². The minimum atomic E-state index is -0.414. The van der Waals surface area contributed by atoms with Gasteiger partial charge < -0.3 is 10.5 Å². The van der Waals surface area contributed by atoms with Crippen LogP contribution in [0.5, 0.6) is 0 Å². The zero-order valence-corrected chi connectivity index (χ0v) is 9.61. The average Bonchev–Trinajstić information content (AvgIpc) is 2.12. The fourth-order valence-corrected chi connectivity index (χ4v) is 1.71. The Balaban J connectivity index is 3.95. The van der Waals surface area contributed by atoms with Gasteiger partial charge in [-0.3, -0.25) is 4.79 Å². The van der Waals surface area contributed by atoms with E-state index in [4.69, 9.17) is 10.5 Å². The Bertz CT molecular complexity index is 171. The van der Waals surface area contributed by atoms with E-state index < -0.39 is 5.41 Å². The Morgan fingerprint density at radius 2 is 2.15 bits per heavy atom. The lowest BCUT2D eigenvalue weighted by Gasteiger charge is -2.22. The lowest BCUT2D eigenvalue weighted by atomic mass is 9.97. The second kappa shape index (κ2) is 5.50. The minimum Gasteiger partial charge on any atom is -0.469 e. The summed E-state index contributed by atoms with van der Waals surface area (Å²) in [5.41, 5.74) is 5.06. The first-order valence-corrected chi connectivity index (χ1v) is 5.39. The summed E-state index contributed by atoms with van der Waals surface area (Å²) in [6.45, 7) is 6.46. The minimum absolute atomic E-state index is 0.163. The summed E-state index contributed by atoms with van der Waals surface area (Å²) in [6.07, 6.45) is 0. The molecule has 0 bridgehead atoms. The highest BCUT2D eigenvalue weighted by atomic mass is 32.2. The number of carbonyl (C=O) groups excluding carboxylic acids is 1. The number of hydrogen-bond acceptors (Lipinski definition) is 4. The van der Waals surface area contributed by atoms with Crippen molar-refractivity contribution in [3.8, 4) is 0 Å². The van der Waals surface area contributed by atoms with Crippen LogP contribution in [0.4, 0.5) is 0 Å². The molecule has 0 saturated carbocycles. The van der Waals surface area contributed by atoms with E-state index in [9.17, 15) is 4.79 Å². The van der Waals surface area contributed by atoms with Crippen LogP contribution >= 0.6 is 11.8 Å². The Kier molecular flexibility index (Phi) is 5.40. The largest absolute Gasteiger partial charge is 0.469 e. The highest BCUT2D eigenvalue weighted by Gasteiger charge is 2.28. The first-order chi connectivity index (χ1) is 5.94. The second-order valence-electron chi connectivity index (χ2n) is 3.73. The molecule has 0 amide bonds.